The molecule has 0 aliphatic carbocycles. The van der Waals surface area contributed by atoms with Crippen molar-refractivity contribution < 1.29 is 18.4 Å². The van der Waals surface area contributed by atoms with Crippen LogP contribution in [0.1, 0.15) is 11.1 Å². The molecule has 0 unspecified atom stereocenters. The van der Waals surface area contributed by atoms with Crippen molar-refractivity contribution in [2.45, 2.75) is 13.8 Å². The monoisotopic (exact) mass is 313 g/mol. The Morgan fingerprint density at radius 2 is 2.00 bits per heavy atom. The van der Waals surface area contributed by atoms with Crippen LogP contribution in [0, 0.1) is 13.8 Å². The third-order valence-electron chi connectivity index (χ3n) is 3.57. The highest BCUT2D eigenvalue weighted by atomic mass is 16.5. The van der Waals surface area contributed by atoms with Crippen LogP contribution in [-0.4, -0.2) is 12.5 Å². The summed E-state index contributed by atoms with van der Waals surface area (Å²) >= 11 is 0. The average molecular weight is 313 g/mol. The van der Waals surface area contributed by atoms with Crippen LogP contribution in [-0.2, 0) is 4.79 Å². The van der Waals surface area contributed by atoms with Gasteiger partial charge < -0.3 is 19.3 Å². The first-order valence-electron chi connectivity index (χ1n) is 7.00. The summed E-state index contributed by atoms with van der Waals surface area (Å²) in [4.78, 5) is 23.7. The van der Waals surface area contributed by atoms with E-state index in [-0.39, 0.29) is 16.9 Å². The summed E-state index contributed by atoms with van der Waals surface area (Å²) in [5.74, 6) is -0.303. The summed E-state index contributed by atoms with van der Waals surface area (Å²) in [6.45, 7) is 3.41. The summed E-state index contributed by atoms with van der Waals surface area (Å²) in [7, 11) is 0. The number of rotatable bonds is 4. The number of benzene rings is 1. The quantitative estimate of drug-likeness (QED) is 0.798. The van der Waals surface area contributed by atoms with E-state index in [0.29, 0.717) is 16.7 Å². The molecule has 0 aliphatic rings. The van der Waals surface area contributed by atoms with Crippen molar-refractivity contribution in [3.05, 3.63) is 51.9 Å². The molecule has 0 radical (unpaired) electrons. The maximum absolute atomic E-state index is 12.7. The van der Waals surface area contributed by atoms with Crippen molar-refractivity contribution in [1.29, 1.82) is 0 Å². The van der Waals surface area contributed by atoms with E-state index in [1.54, 1.807) is 24.3 Å². The molecule has 0 saturated heterocycles. The maximum atomic E-state index is 12.7. The zero-order valence-corrected chi connectivity index (χ0v) is 12.7. The number of hydrogen-bond donors (Lipinski definition) is 1. The number of carbonyl (C=O) groups excluding carboxylic acids is 1. The maximum Gasteiger partial charge on any atom is 0.255 e. The molecule has 3 rings (SSSR count). The second-order valence-corrected chi connectivity index (χ2v) is 5.25. The molecule has 0 atom stereocenters. The normalized spacial score (nSPS) is 10.9. The van der Waals surface area contributed by atoms with Gasteiger partial charge >= 0.3 is 0 Å². The number of furan rings is 1. The van der Waals surface area contributed by atoms with Gasteiger partial charge in [0.05, 0.1) is 11.6 Å². The molecule has 2 heterocycles. The molecule has 3 aromatic rings. The molecular formula is C17H15NO5. The second-order valence-electron chi connectivity index (χ2n) is 5.25. The van der Waals surface area contributed by atoms with Crippen LogP contribution in [0.5, 0.6) is 5.75 Å². The van der Waals surface area contributed by atoms with Gasteiger partial charge in [-0.3, -0.25) is 9.59 Å². The average Bonchev–Trinajstić information content (AvgIpc) is 3.02. The smallest absolute Gasteiger partial charge is 0.255 e. The van der Waals surface area contributed by atoms with Crippen molar-refractivity contribution in [2.24, 2.45) is 5.73 Å². The predicted molar refractivity (Wildman–Crippen MR) is 84.3 cm³/mol. The SMILES string of the molecule is Cc1cc2oc(-c3ccco3)c(OCC(N)=O)c(=O)c2cc1C. The summed E-state index contributed by atoms with van der Waals surface area (Å²) in [5.41, 5.74) is 7.10. The van der Waals surface area contributed by atoms with Crippen molar-refractivity contribution in [3.63, 3.8) is 0 Å². The Balaban J connectivity index is 2.30. The van der Waals surface area contributed by atoms with Crippen LogP contribution in [0.15, 0.2) is 44.2 Å². The molecule has 23 heavy (non-hydrogen) atoms. The van der Waals surface area contributed by atoms with E-state index in [4.69, 9.17) is 19.3 Å². The van der Waals surface area contributed by atoms with Crippen LogP contribution >= 0.6 is 0 Å². The van der Waals surface area contributed by atoms with Crippen molar-refractivity contribution in [3.8, 4) is 17.3 Å². The van der Waals surface area contributed by atoms with Crippen molar-refractivity contribution in [2.75, 3.05) is 6.61 Å². The lowest BCUT2D eigenvalue weighted by molar-refractivity contribution is -0.119. The zero-order chi connectivity index (χ0) is 16.6. The number of aryl methyl sites for hydroxylation is 2. The third kappa shape index (κ3) is 2.70. The van der Waals surface area contributed by atoms with E-state index in [1.807, 2.05) is 13.8 Å². The first-order valence-corrected chi connectivity index (χ1v) is 7.00. The first-order chi connectivity index (χ1) is 11.0. The lowest BCUT2D eigenvalue weighted by Crippen LogP contribution is -2.22. The summed E-state index contributed by atoms with van der Waals surface area (Å²) < 4.78 is 16.4. The lowest BCUT2D eigenvalue weighted by Gasteiger charge is -2.10. The van der Waals surface area contributed by atoms with Gasteiger partial charge in [-0.05, 0) is 49.2 Å². The minimum absolute atomic E-state index is 0.0884. The highest BCUT2D eigenvalue weighted by Gasteiger charge is 2.20. The highest BCUT2D eigenvalue weighted by Crippen LogP contribution is 2.32. The standard InChI is InChI=1S/C17H15NO5/c1-9-6-11-13(7-10(9)2)23-16(12-4-3-5-21-12)17(15(11)20)22-8-14(18)19/h3-7H,8H2,1-2H3,(H2,18,19). The third-order valence-corrected chi connectivity index (χ3v) is 3.57. The molecule has 0 spiro atoms. The Hall–Kier alpha value is -3.02. The number of fused-ring (bicyclic) bond motifs is 1. The number of amides is 1. The highest BCUT2D eigenvalue weighted by molar-refractivity contribution is 5.83. The van der Waals surface area contributed by atoms with Crippen molar-refractivity contribution in [1.82, 2.24) is 0 Å². The molecule has 6 heteroatoms. The van der Waals surface area contributed by atoms with Gasteiger partial charge in [0.1, 0.15) is 5.58 Å². The number of carbonyl (C=O) groups is 1. The molecule has 1 aromatic carbocycles. The van der Waals surface area contributed by atoms with E-state index >= 15 is 0 Å². The number of ether oxygens (including phenoxy) is 1. The molecular weight excluding hydrogens is 298 g/mol. The fraction of sp³-hybridized carbons (Fsp3) is 0.176. The summed E-state index contributed by atoms with van der Waals surface area (Å²) in [6.07, 6.45) is 1.46. The number of primary amides is 1. The van der Waals surface area contributed by atoms with Gasteiger partial charge in [0, 0.05) is 0 Å². The van der Waals surface area contributed by atoms with Gasteiger partial charge in [-0.1, -0.05) is 0 Å². The largest absolute Gasteiger partial charge is 0.476 e. The van der Waals surface area contributed by atoms with Crippen LogP contribution < -0.4 is 15.9 Å². The Kier molecular flexibility index (Phi) is 3.65. The Morgan fingerprint density at radius 3 is 2.65 bits per heavy atom. The van der Waals surface area contributed by atoms with Crippen LogP contribution in [0.4, 0.5) is 0 Å². The molecule has 0 bridgehead atoms. The van der Waals surface area contributed by atoms with E-state index < -0.39 is 12.5 Å². The molecule has 0 saturated carbocycles. The first kappa shape index (κ1) is 14.9. The minimum Gasteiger partial charge on any atom is -0.476 e. The fourth-order valence-corrected chi connectivity index (χ4v) is 2.28. The molecule has 118 valence electrons. The minimum atomic E-state index is -0.685. The topological polar surface area (TPSA) is 95.7 Å². The molecule has 0 aliphatic heterocycles. The molecule has 2 aromatic heterocycles. The summed E-state index contributed by atoms with van der Waals surface area (Å²) in [5, 5.41) is 0.378. The van der Waals surface area contributed by atoms with Gasteiger partial charge in [-0.25, -0.2) is 0 Å². The van der Waals surface area contributed by atoms with E-state index in [0.717, 1.165) is 11.1 Å². The Labute approximate surface area is 131 Å². The van der Waals surface area contributed by atoms with E-state index in [1.165, 1.54) is 6.26 Å². The number of nitrogens with two attached hydrogens (primary N) is 1. The van der Waals surface area contributed by atoms with Gasteiger partial charge in [-0.15, -0.1) is 0 Å². The van der Waals surface area contributed by atoms with Gasteiger partial charge in [0.15, 0.2) is 12.4 Å². The Morgan fingerprint density at radius 1 is 1.26 bits per heavy atom. The van der Waals surface area contributed by atoms with E-state index in [9.17, 15) is 9.59 Å². The van der Waals surface area contributed by atoms with E-state index in [2.05, 4.69) is 0 Å². The van der Waals surface area contributed by atoms with Crippen LogP contribution in [0.25, 0.3) is 22.5 Å². The van der Waals surface area contributed by atoms with Gasteiger partial charge in [0.25, 0.3) is 5.91 Å². The lowest BCUT2D eigenvalue weighted by atomic mass is 10.1. The van der Waals surface area contributed by atoms with Gasteiger partial charge in [0.2, 0.25) is 16.9 Å². The van der Waals surface area contributed by atoms with Crippen LogP contribution in [0.2, 0.25) is 0 Å². The molecule has 0 fully saturated rings. The fourth-order valence-electron chi connectivity index (χ4n) is 2.28. The van der Waals surface area contributed by atoms with Crippen LogP contribution in [0.3, 0.4) is 0 Å². The molecule has 2 N–H and O–H groups in total. The molecule has 6 nitrogen and oxygen atoms in total. The predicted octanol–water partition coefficient (Wildman–Crippen LogP) is 2.53. The second kappa shape index (κ2) is 5.64. The Bertz CT molecular complexity index is 938. The summed E-state index contributed by atoms with van der Waals surface area (Å²) in [6, 6.07) is 6.83. The zero-order valence-electron chi connectivity index (χ0n) is 12.7. The number of hydrogen-bond acceptors (Lipinski definition) is 5. The van der Waals surface area contributed by atoms with Gasteiger partial charge in [-0.2, -0.15) is 0 Å². The molecule has 1 amide bonds. The van der Waals surface area contributed by atoms with Crippen molar-refractivity contribution >= 4 is 16.9 Å².